The van der Waals surface area contributed by atoms with Crippen LogP contribution in [0.25, 0.3) is 0 Å². The second kappa shape index (κ2) is 8.88. The highest BCUT2D eigenvalue weighted by molar-refractivity contribution is 5.93. The number of aryl methyl sites for hydroxylation is 1. The minimum Gasteiger partial charge on any atom is -0.444 e. The third-order valence-corrected chi connectivity index (χ3v) is 6.09. The number of hydrogen-bond donors (Lipinski definition) is 1. The number of aromatic nitrogens is 2. The third kappa shape index (κ3) is 5.19. The van der Waals surface area contributed by atoms with Gasteiger partial charge in [-0.05, 0) is 60.3 Å². The van der Waals surface area contributed by atoms with Gasteiger partial charge < -0.3 is 15.0 Å². The Morgan fingerprint density at radius 2 is 1.90 bits per heavy atom. The van der Waals surface area contributed by atoms with Gasteiger partial charge in [0.1, 0.15) is 11.1 Å². The number of carbonyl (C=O) groups excluding carboxylic acids is 3. The van der Waals surface area contributed by atoms with Crippen LogP contribution in [0.1, 0.15) is 60.3 Å². The SMILES string of the molecule is CCn1cc(NC(=O)C2CCN(C(=O)[C@@]3(C)CCCN3C(=O)OC(C)(C)C)CC2)cn1. The first-order valence-corrected chi connectivity index (χ1v) is 11.2. The van der Waals surface area contributed by atoms with Crippen LogP contribution >= 0.6 is 0 Å². The normalized spacial score (nSPS) is 22.5. The Balaban J connectivity index is 1.57. The molecule has 1 N–H and O–H groups in total. The summed E-state index contributed by atoms with van der Waals surface area (Å²) in [5, 5.41) is 7.09. The lowest BCUT2D eigenvalue weighted by molar-refractivity contribution is -0.144. The summed E-state index contributed by atoms with van der Waals surface area (Å²) in [6, 6.07) is 0. The molecule has 1 aromatic rings. The minimum atomic E-state index is -0.897. The predicted molar refractivity (Wildman–Crippen MR) is 116 cm³/mol. The average molecular weight is 434 g/mol. The first-order chi connectivity index (χ1) is 14.5. The summed E-state index contributed by atoms with van der Waals surface area (Å²) in [5.41, 5.74) is -0.813. The van der Waals surface area contributed by atoms with Gasteiger partial charge in [-0.1, -0.05) is 0 Å². The number of amides is 3. The van der Waals surface area contributed by atoms with Gasteiger partial charge in [0, 0.05) is 38.3 Å². The van der Waals surface area contributed by atoms with E-state index in [1.54, 1.807) is 20.7 Å². The maximum Gasteiger partial charge on any atom is 0.411 e. The Hall–Kier alpha value is -2.58. The molecule has 172 valence electrons. The van der Waals surface area contributed by atoms with Gasteiger partial charge in [0.15, 0.2) is 0 Å². The molecule has 1 atom stereocenters. The zero-order chi connectivity index (χ0) is 22.8. The van der Waals surface area contributed by atoms with Crippen LogP contribution in [0, 0.1) is 5.92 Å². The first-order valence-electron chi connectivity index (χ1n) is 11.2. The number of nitrogens with zero attached hydrogens (tertiary/aromatic N) is 4. The van der Waals surface area contributed by atoms with Gasteiger partial charge in [0.25, 0.3) is 0 Å². The molecule has 0 spiro atoms. The third-order valence-electron chi connectivity index (χ3n) is 6.09. The molecule has 0 bridgehead atoms. The van der Waals surface area contributed by atoms with E-state index in [0.717, 1.165) is 13.0 Å². The van der Waals surface area contributed by atoms with Crippen LogP contribution in [0.15, 0.2) is 12.4 Å². The van der Waals surface area contributed by atoms with Crippen LogP contribution in [-0.4, -0.2) is 68.3 Å². The zero-order valence-corrected chi connectivity index (χ0v) is 19.3. The van der Waals surface area contributed by atoms with E-state index < -0.39 is 17.2 Å². The lowest BCUT2D eigenvalue weighted by Gasteiger charge is -2.40. The number of ether oxygens (including phenoxy) is 1. The predicted octanol–water partition coefficient (Wildman–Crippen LogP) is 2.87. The lowest BCUT2D eigenvalue weighted by Crippen LogP contribution is -2.58. The largest absolute Gasteiger partial charge is 0.444 e. The summed E-state index contributed by atoms with van der Waals surface area (Å²) in [7, 11) is 0. The van der Waals surface area contributed by atoms with Crippen LogP contribution < -0.4 is 5.32 Å². The summed E-state index contributed by atoms with van der Waals surface area (Å²) >= 11 is 0. The van der Waals surface area contributed by atoms with Crippen molar-refractivity contribution in [3.05, 3.63) is 12.4 Å². The summed E-state index contributed by atoms with van der Waals surface area (Å²) in [4.78, 5) is 42.0. The van der Waals surface area contributed by atoms with Gasteiger partial charge in [0.05, 0.1) is 11.9 Å². The number of rotatable bonds is 4. The summed E-state index contributed by atoms with van der Waals surface area (Å²) < 4.78 is 7.29. The number of piperidine rings is 1. The van der Waals surface area contributed by atoms with E-state index in [4.69, 9.17) is 4.74 Å². The monoisotopic (exact) mass is 433 g/mol. The molecule has 9 heteroatoms. The molecule has 0 radical (unpaired) electrons. The van der Waals surface area contributed by atoms with Crippen LogP contribution in [-0.2, 0) is 20.9 Å². The molecule has 0 aliphatic carbocycles. The van der Waals surface area contributed by atoms with Crippen molar-refractivity contribution in [2.24, 2.45) is 5.92 Å². The van der Waals surface area contributed by atoms with Crippen molar-refractivity contribution in [1.29, 1.82) is 0 Å². The molecule has 3 amide bonds. The fourth-order valence-corrected chi connectivity index (χ4v) is 4.33. The maximum absolute atomic E-state index is 13.4. The van der Waals surface area contributed by atoms with Gasteiger partial charge in [-0.3, -0.25) is 19.2 Å². The number of likely N-dealkylation sites (tertiary alicyclic amines) is 2. The molecule has 0 saturated carbocycles. The van der Waals surface area contributed by atoms with E-state index in [1.165, 1.54) is 0 Å². The minimum absolute atomic E-state index is 0.0368. The van der Waals surface area contributed by atoms with Gasteiger partial charge in [-0.2, -0.15) is 5.10 Å². The molecule has 3 heterocycles. The fourth-order valence-electron chi connectivity index (χ4n) is 4.33. The molecule has 2 saturated heterocycles. The van der Waals surface area contributed by atoms with Crippen LogP contribution in [0.5, 0.6) is 0 Å². The number of anilines is 1. The maximum atomic E-state index is 13.4. The van der Waals surface area contributed by atoms with E-state index in [9.17, 15) is 14.4 Å². The highest BCUT2D eigenvalue weighted by Gasteiger charge is 2.49. The van der Waals surface area contributed by atoms with E-state index in [-0.39, 0.29) is 17.7 Å². The molecule has 9 nitrogen and oxygen atoms in total. The highest BCUT2D eigenvalue weighted by atomic mass is 16.6. The molecule has 2 aliphatic rings. The summed E-state index contributed by atoms with van der Waals surface area (Å²) in [5.74, 6) is -0.239. The highest BCUT2D eigenvalue weighted by Crippen LogP contribution is 2.34. The molecule has 0 aromatic carbocycles. The van der Waals surface area contributed by atoms with Crippen molar-refractivity contribution < 1.29 is 19.1 Å². The van der Waals surface area contributed by atoms with Crippen LogP contribution in [0.2, 0.25) is 0 Å². The van der Waals surface area contributed by atoms with Crippen LogP contribution in [0.4, 0.5) is 10.5 Å². The van der Waals surface area contributed by atoms with E-state index in [0.29, 0.717) is 44.6 Å². The Morgan fingerprint density at radius 1 is 1.23 bits per heavy atom. The Kier molecular flexibility index (Phi) is 6.62. The standard InChI is InChI=1S/C22H35N5O4/c1-6-26-15-17(14-23-26)24-18(28)16-8-12-25(13-9-16)19(29)22(5)10-7-11-27(22)20(30)31-21(2,3)4/h14-16H,6-13H2,1-5H3,(H,24,28)/t22-/m1/s1. The molecule has 2 fully saturated rings. The number of carbonyl (C=O) groups is 3. The van der Waals surface area contributed by atoms with E-state index >= 15 is 0 Å². The summed E-state index contributed by atoms with van der Waals surface area (Å²) in [6.45, 7) is 11.6. The molecular formula is C22H35N5O4. The van der Waals surface area contributed by atoms with Crippen molar-refractivity contribution in [3.8, 4) is 0 Å². The molecular weight excluding hydrogens is 398 g/mol. The Labute approximate surface area is 184 Å². The summed E-state index contributed by atoms with van der Waals surface area (Å²) in [6.07, 6.45) is 5.60. The smallest absolute Gasteiger partial charge is 0.411 e. The zero-order valence-electron chi connectivity index (χ0n) is 19.3. The second-order valence-electron chi connectivity index (χ2n) is 9.65. The van der Waals surface area contributed by atoms with Crippen molar-refractivity contribution in [2.45, 2.75) is 78.0 Å². The molecule has 3 rings (SSSR count). The average Bonchev–Trinajstić information content (AvgIpc) is 3.33. The number of hydrogen-bond acceptors (Lipinski definition) is 5. The van der Waals surface area contributed by atoms with Crippen molar-refractivity contribution >= 4 is 23.6 Å². The number of nitrogens with one attached hydrogen (secondary N) is 1. The van der Waals surface area contributed by atoms with E-state index in [1.807, 2.05) is 40.8 Å². The topological polar surface area (TPSA) is 96.8 Å². The molecule has 31 heavy (non-hydrogen) atoms. The van der Waals surface area contributed by atoms with E-state index in [2.05, 4.69) is 10.4 Å². The molecule has 0 unspecified atom stereocenters. The van der Waals surface area contributed by atoms with Crippen LogP contribution in [0.3, 0.4) is 0 Å². The second-order valence-corrected chi connectivity index (χ2v) is 9.65. The van der Waals surface area contributed by atoms with Crippen molar-refractivity contribution in [3.63, 3.8) is 0 Å². The van der Waals surface area contributed by atoms with Gasteiger partial charge in [-0.15, -0.1) is 0 Å². The Bertz CT molecular complexity index is 822. The quantitative estimate of drug-likeness (QED) is 0.788. The van der Waals surface area contributed by atoms with Gasteiger partial charge in [-0.25, -0.2) is 4.79 Å². The van der Waals surface area contributed by atoms with Crippen molar-refractivity contribution in [1.82, 2.24) is 19.6 Å². The Morgan fingerprint density at radius 3 is 2.48 bits per heavy atom. The molecule has 2 aliphatic heterocycles. The first kappa shape index (κ1) is 23.1. The van der Waals surface area contributed by atoms with Crippen molar-refractivity contribution in [2.75, 3.05) is 25.0 Å². The fraction of sp³-hybridized carbons (Fsp3) is 0.727. The van der Waals surface area contributed by atoms with Gasteiger partial charge >= 0.3 is 6.09 Å². The lowest BCUT2D eigenvalue weighted by atomic mass is 9.92. The molecule has 1 aromatic heterocycles. The van der Waals surface area contributed by atoms with Gasteiger partial charge in [0.2, 0.25) is 11.8 Å².